The Balaban J connectivity index is 3.04. The second-order valence-corrected chi connectivity index (χ2v) is 4.88. The van der Waals surface area contributed by atoms with E-state index < -0.39 is 10.0 Å². The van der Waals surface area contributed by atoms with Gasteiger partial charge in [-0.3, -0.25) is 0 Å². The van der Waals surface area contributed by atoms with Crippen molar-refractivity contribution in [3.05, 3.63) is 29.8 Å². The Morgan fingerprint density at radius 1 is 1.33 bits per heavy atom. The van der Waals surface area contributed by atoms with Crippen LogP contribution in [0, 0.1) is 0 Å². The van der Waals surface area contributed by atoms with Crippen molar-refractivity contribution in [3.63, 3.8) is 0 Å². The average molecular weight is 228 g/mol. The molecule has 3 N–H and O–H groups in total. The highest BCUT2D eigenvalue weighted by atomic mass is 32.2. The number of benzene rings is 1. The van der Waals surface area contributed by atoms with Crippen LogP contribution in [0.2, 0.25) is 0 Å². The predicted octanol–water partition coefficient (Wildman–Crippen LogP) is 0.486. The van der Waals surface area contributed by atoms with Gasteiger partial charge in [0, 0.05) is 13.1 Å². The molecule has 0 aromatic heterocycles. The molecule has 1 aromatic carbocycles. The van der Waals surface area contributed by atoms with Crippen molar-refractivity contribution in [1.82, 2.24) is 4.72 Å². The molecule has 0 bridgehead atoms. The van der Waals surface area contributed by atoms with Gasteiger partial charge in [-0.25, -0.2) is 13.1 Å². The first kappa shape index (κ1) is 12.2. The number of nitrogens with two attached hydrogens (primary N) is 1. The van der Waals surface area contributed by atoms with Crippen LogP contribution < -0.4 is 10.5 Å². The van der Waals surface area contributed by atoms with E-state index in [1.54, 1.807) is 12.1 Å². The summed E-state index contributed by atoms with van der Waals surface area (Å²) in [6.07, 6.45) is 0.694. The van der Waals surface area contributed by atoms with Crippen LogP contribution in [0.25, 0.3) is 0 Å². The summed E-state index contributed by atoms with van der Waals surface area (Å²) in [5, 5.41) is 0. The molecule has 0 saturated carbocycles. The molecular formula is C10H16N2O2S. The summed E-state index contributed by atoms with van der Waals surface area (Å²) >= 11 is 0. The van der Waals surface area contributed by atoms with Crippen molar-refractivity contribution in [2.24, 2.45) is 5.73 Å². The molecule has 0 atom stereocenters. The fraction of sp³-hybridized carbons (Fsp3) is 0.400. The molecule has 15 heavy (non-hydrogen) atoms. The van der Waals surface area contributed by atoms with Gasteiger partial charge in [0.1, 0.15) is 0 Å². The van der Waals surface area contributed by atoms with Crippen LogP contribution in [-0.4, -0.2) is 21.5 Å². The number of sulfonamides is 1. The molecule has 4 nitrogen and oxygen atoms in total. The SMILES string of the molecule is CCc1ccccc1S(=O)(=O)NCCN. The molecule has 1 aromatic rings. The quantitative estimate of drug-likeness (QED) is 0.770. The molecule has 0 amide bonds. The van der Waals surface area contributed by atoms with Crippen molar-refractivity contribution < 1.29 is 8.42 Å². The van der Waals surface area contributed by atoms with Gasteiger partial charge < -0.3 is 5.73 Å². The van der Waals surface area contributed by atoms with Crippen LogP contribution in [0.3, 0.4) is 0 Å². The lowest BCUT2D eigenvalue weighted by atomic mass is 10.2. The van der Waals surface area contributed by atoms with E-state index in [4.69, 9.17) is 5.73 Å². The van der Waals surface area contributed by atoms with Crippen LogP contribution in [0.1, 0.15) is 12.5 Å². The Labute approximate surface area is 90.5 Å². The van der Waals surface area contributed by atoms with Gasteiger partial charge in [0.2, 0.25) is 10.0 Å². The number of hydrogen-bond donors (Lipinski definition) is 2. The average Bonchev–Trinajstić information content (AvgIpc) is 2.26. The fourth-order valence-corrected chi connectivity index (χ4v) is 2.69. The molecule has 0 heterocycles. The zero-order chi connectivity index (χ0) is 11.3. The van der Waals surface area contributed by atoms with Crippen molar-refractivity contribution in [3.8, 4) is 0 Å². The third-order valence-electron chi connectivity index (χ3n) is 2.08. The van der Waals surface area contributed by atoms with Gasteiger partial charge >= 0.3 is 0 Å². The van der Waals surface area contributed by atoms with Crippen molar-refractivity contribution in [1.29, 1.82) is 0 Å². The second-order valence-electron chi connectivity index (χ2n) is 3.15. The van der Waals surface area contributed by atoms with Gasteiger partial charge in [0.15, 0.2) is 0 Å². The topological polar surface area (TPSA) is 72.2 Å². The first-order valence-electron chi connectivity index (χ1n) is 4.89. The van der Waals surface area contributed by atoms with Gasteiger partial charge in [0.25, 0.3) is 0 Å². The van der Waals surface area contributed by atoms with Crippen LogP contribution in [0.4, 0.5) is 0 Å². The largest absolute Gasteiger partial charge is 0.329 e. The zero-order valence-electron chi connectivity index (χ0n) is 8.73. The van der Waals surface area contributed by atoms with Crippen LogP contribution in [0.5, 0.6) is 0 Å². The van der Waals surface area contributed by atoms with E-state index in [2.05, 4.69) is 4.72 Å². The molecule has 1 rings (SSSR count). The van der Waals surface area contributed by atoms with E-state index in [-0.39, 0.29) is 6.54 Å². The number of hydrogen-bond acceptors (Lipinski definition) is 3. The molecule has 0 unspecified atom stereocenters. The highest BCUT2D eigenvalue weighted by Gasteiger charge is 2.15. The zero-order valence-corrected chi connectivity index (χ0v) is 9.55. The molecule has 5 heteroatoms. The molecular weight excluding hydrogens is 212 g/mol. The Bertz CT molecular complexity index is 415. The highest BCUT2D eigenvalue weighted by Crippen LogP contribution is 2.15. The third-order valence-corrected chi connectivity index (χ3v) is 3.64. The smallest absolute Gasteiger partial charge is 0.240 e. The molecule has 0 radical (unpaired) electrons. The summed E-state index contributed by atoms with van der Waals surface area (Å²) in [4.78, 5) is 0.348. The number of nitrogens with one attached hydrogen (secondary N) is 1. The van der Waals surface area contributed by atoms with E-state index in [1.165, 1.54) is 0 Å². The molecule has 0 saturated heterocycles. The van der Waals surface area contributed by atoms with E-state index in [9.17, 15) is 8.42 Å². The minimum absolute atomic E-state index is 0.264. The summed E-state index contributed by atoms with van der Waals surface area (Å²) in [5.74, 6) is 0. The van der Waals surface area contributed by atoms with E-state index in [0.29, 0.717) is 17.9 Å². The summed E-state index contributed by atoms with van der Waals surface area (Å²) in [7, 11) is -3.40. The van der Waals surface area contributed by atoms with Gasteiger partial charge in [-0.15, -0.1) is 0 Å². The first-order chi connectivity index (χ1) is 7.11. The predicted molar refractivity (Wildman–Crippen MR) is 60.1 cm³/mol. The van der Waals surface area contributed by atoms with Crippen LogP contribution in [-0.2, 0) is 16.4 Å². The molecule has 0 fully saturated rings. The van der Waals surface area contributed by atoms with E-state index >= 15 is 0 Å². The minimum Gasteiger partial charge on any atom is -0.329 e. The Morgan fingerprint density at radius 2 is 2.00 bits per heavy atom. The lowest BCUT2D eigenvalue weighted by Crippen LogP contribution is -2.29. The fourth-order valence-electron chi connectivity index (χ4n) is 1.33. The van der Waals surface area contributed by atoms with E-state index in [1.807, 2.05) is 19.1 Å². The molecule has 0 aliphatic heterocycles. The number of aryl methyl sites for hydroxylation is 1. The maximum Gasteiger partial charge on any atom is 0.240 e. The molecule has 84 valence electrons. The van der Waals surface area contributed by atoms with Gasteiger partial charge in [-0.05, 0) is 18.1 Å². The van der Waals surface area contributed by atoms with Gasteiger partial charge in [-0.2, -0.15) is 0 Å². The van der Waals surface area contributed by atoms with E-state index in [0.717, 1.165) is 5.56 Å². The Kier molecular flexibility index (Phi) is 4.26. The maximum atomic E-state index is 11.8. The lowest BCUT2D eigenvalue weighted by Gasteiger charge is -2.09. The normalized spacial score (nSPS) is 11.6. The Morgan fingerprint density at radius 3 is 2.60 bits per heavy atom. The minimum atomic E-state index is -3.40. The summed E-state index contributed by atoms with van der Waals surface area (Å²) in [6.45, 7) is 2.49. The van der Waals surface area contributed by atoms with Gasteiger partial charge in [-0.1, -0.05) is 25.1 Å². The lowest BCUT2D eigenvalue weighted by molar-refractivity contribution is 0.581. The second kappa shape index (κ2) is 5.25. The molecule has 0 aliphatic rings. The third kappa shape index (κ3) is 3.02. The van der Waals surface area contributed by atoms with Crippen LogP contribution in [0.15, 0.2) is 29.2 Å². The number of rotatable bonds is 5. The standard InChI is InChI=1S/C10H16N2O2S/c1-2-9-5-3-4-6-10(9)15(13,14)12-8-7-11/h3-6,12H,2,7-8,11H2,1H3. The van der Waals surface area contributed by atoms with Crippen molar-refractivity contribution in [2.75, 3.05) is 13.1 Å². The highest BCUT2D eigenvalue weighted by molar-refractivity contribution is 7.89. The Hall–Kier alpha value is -0.910. The monoisotopic (exact) mass is 228 g/mol. The van der Waals surface area contributed by atoms with Crippen LogP contribution >= 0.6 is 0 Å². The maximum absolute atomic E-state index is 11.8. The summed E-state index contributed by atoms with van der Waals surface area (Å²) < 4.78 is 26.1. The molecule has 0 aliphatic carbocycles. The van der Waals surface area contributed by atoms with Gasteiger partial charge in [0.05, 0.1) is 4.90 Å². The first-order valence-corrected chi connectivity index (χ1v) is 6.37. The van der Waals surface area contributed by atoms with Crippen molar-refractivity contribution >= 4 is 10.0 Å². The summed E-state index contributed by atoms with van der Waals surface area (Å²) in [6, 6.07) is 6.98. The van der Waals surface area contributed by atoms with Crippen molar-refractivity contribution in [2.45, 2.75) is 18.2 Å². The molecule has 0 spiro atoms. The summed E-state index contributed by atoms with van der Waals surface area (Å²) in [5.41, 5.74) is 6.08.